The third-order valence-corrected chi connectivity index (χ3v) is 3.08. The van der Waals surface area contributed by atoms with Crippen molar-refractivity contribution in [3.8, 4) is 0 Å². The maximum atomic E-state index is 11.6. The molecule has 0 saturated carbocycles. The smallest absolute Gasteiger partial charge is 0.327 e. The van der Waals surface area contributed by atoms with Crippen molar-refractivity contribution >= 4 is 55.1 Å². The molecule has 0 aromatic carbocycles. The molecule has 11 nitrogen and oxygen atoms in total. The van der Waals surface area contributed by atoms with Gasteiger partial charge in [-0.05, 0) is 0 Å². The molecule has 0 saturated heterocycles. The third-order valence-electron chi connectivity index (χ3n) is 2.01. The lowest BCUT2D eigenvalue weighted by atomic mass is 10.4. The van der Waals surface area contributed by atoms with E-state index >= 15 is 0 Å². The molecule has 1 aromatic rings. The van der Waals surface area contributed by atoms with Gasteiger partial charge in [0.05, 0.1) is 6.16 Å². The number of aromatic nitrogens is 2. The summed E-state index contributed by atoms with van der Waals surface area (Å²) in [6.45, 7) is -0.112. The highest BCUT2D eigenvalue weighted by atomic mass is 35.5. The maximum Gasteiger partial charge on any atom is 0.327 e. The minimum absolute atomic E-state index is 0. The lowest BCUT2D eigenvalue weighted by Gasteiger charge is -2.09. The van der Waals surface area contributed by atoms with Gasteiger partial charge in [-0.25, -0.2) is 9.97 Å². The van der Waals surface area contributed by atoms with E-state index in [1.807, 2.05) is 0 Å². The van der Waals surface area contributed by atoms with Gasteiger partial charge >= 0.3 is 13.5 Å². The summed E-state index contributed by atoms with van der Waals surface area (Å²) in [5.41, 5.74) is 15.3. The van der Waals surface area contributed by atoms with E-state index in [4.69, 9.17) is 38.6 Å². The molecule has 124 valence electrons. The van der Waals surface area contributed by atoms with Gasteiger partial charge in [-0.3, -0.25) is 9.36 Å². The van der Waals surface area contributed by atoms with Crippen LogP contribution in [0.5, 0.6) is 0 Å². The summed E-state index contributed by atoms with van der Waals surface area (Å²) in [6, 6.07) is 0. The summed E-state index contributed by atoms with van der Waals surface area (Å²) >= 11 is 5.78. The molecular formula is C8H14Cl2N7O4P. The van der Waals surface area contributed by atoms with Crippen molar-refractivity contribution in [3.05, 3.63) is 10.8 Å². The van der Waals surface area contributed by atoms with Crippen molar-refractivity contribution in [2.75, 3.05) is 23.8 Å². The summed E-state index contributed by atoms with van der Waals surface area (Å²) in [4.78, 5) is 39.7. The first-order chi connectivity index (χ1) is 9.60. The number of hydrogen-bond donors (Lipinski definition) is 6. The highest BCUT2D eigenvalue weighted by molar-refractivity contribution is 7.51. The Morgan fingerprint density at radius 2 is 1.95 bits per heavy atom. The number of amides is 1. The first-order valence-electron chi connectivity index (χ1n) is 5.35. The first kappa shape index (κ1) is 20.3. The summed E-state index contributed by atoms with van der Waals surface area (Å²) in [6.07, 6.45) is -0.431. The number of hydrogen-bond acceptors (Lipinski definition) is 6. The van der Waals surface area contributed by atoms with E-state index < -0.39 is 25.6 Å². The van der Waals surface area contributed by atoms with Gasteiger partial charge < -0.3 is 32.3 Å². The Morgan fingerprint density at radius 1 is 1.36 bits per heavy atom. The Labute approximate surface area is 135 Å². The molecule has 0 unspecified atom stereocenters. The summed E-state index contributed by atoms with van der Waals surface area (Å²) in [5.74, 6) is -1.69. The molecule has 0 aliphatic rings. The van der Waals surface area contributed by atoms with Crippen molar-refractivity contribution in [1.82, 2.24) is 9.97 Å². The quantitative estimate of drug-likeness (QED) is 0.214. The normalized spacial score (nSPS) is 10.5. The van der Waals surface area contributed by atoms with Crippen molar-refractivity contribution in [2.45, 2.75) is 0 Å². The van der Waals surface area contributed by atoms with Crippen LogP contribution in [0.1, 0.15) is 10.5 Å². The highest BCUT2D eigenvalue weighted by Crippen LogP contribution is 2.33. The number of carbonyl (C=O) groups is 1. The lowest BCUT2D eigenvalue weighted by molar-refractivity contribution is 0.0998. The standard InChI is InChI=1S/C8H13ClN7O4P.ClH/c9-4-6(13-1-2-21(18,19)20)15-5(10)3(14-4)7(17)16-8(11)12;/h1-2H2,(H3,10,13,15)(H2,18,19,20)(H4,11,12,16,17);1H. The van der Waals surface area contributed by atoms with Gasteiger partial charge in [-0.2, -0.15) is 4.99 Å². The molecule has 0 aliphatic carbocycles. The van der Waals surface area contributed by atoms with Gasteiger partial charge in [-0.15, -0.1) is 12.4 Å². The lowest BCUT2D eigenvalue weighted by Crippen LogP contribution is -2.25. The zero-order valence-corrected chi connectivity index (χ0v) is 13.4. The average molecular weight is 374 g/mol. The molecule has 0 bridgehead atoms. The van der Waals surface area contributed by atoms with Crippen molar-refractivity contribution in [3.63, 3.8) is 0 Å². The van der Waals surface area contributed by atoms with E-state index in [1.54, 1.807) is 0 Å². The Bertz CT molecular complexity index is 631. The molecule has 0 fully saturated rings. The van der Waals surface area contributed by atoms with Crippen LogP contribution in [0.15, 0.2) is 4.99 Å². The molecule has 14 heteroatoms. The van der Waals surface area contributed by atoms with Gasteiger partial charge in [-0.1, -0.05) is 11.6 Å². The van der Waals surface area contributed by atoms with Crippen molar-refractivity contribution in [2.24, 2.45) is 16.5 Å². The third kappa shape index (κ3) is 6.41. The molecule has 0 radical (unpaired) electrons. The van der Waals surface area contributed by atoms with Crippen LogP contribution >= 0.6 is 31.6 Å². The second kappa shape index (κ2) is 8.11. The molecule has 1 aromatic heterocycles. The number of anilines is 2. The number of guanidine groups is 1. The minimum Gasteiger partial charge on any atom is -0.382 e. The second-order valence-electron chi connectivity index (χ2n) is 3.75. The van der Waals surface area contributed by atoms with Crippen LogP contribution in [0.3, 0.4) is 0 Å². The van der Waals surface area contributed by atoms with E-state index in [9.17, 15) is 9.36 Å². The number of aliphatic imine (C=N–C) groups is 1. The maximum absolute atomic E-state index is 11.6. The van der Waals surface area contributed by atoms with E-state index in [1.165, 1.54) is 0 Å². The molecule has 22 heavy (non-hydrogen) atoms. The van der Waals surface area contributed by atoms with Crippen LogP contribution in [0.2, 0.25) is 5.15 Å². The van der Waals surface area contributed by atoms with Gasteiger partial charge in [0.2, 0.25) is 0 Å². The molecule has 1 rings (SSSR count). The van der Waals surface area contributed by atoms with Crippen molar-refractivity contribution in [1.29, 1.82) is 0 Å². The van der Waals surface area contributed by atoms with Crippen LogP contribution in [-0.2, 0) is 4.57 Å². The van der Waals surface area contributed by atoms with Gasteiger partial charge in [0.15, 0.2) is 28.4 Å². The second-order valence-corrected chi connectivity index (χ2v) is 5.89. The van der Waals surface area contributed by atoms with Crippen LogP contribution in [0.25, 0.3) is 0 Å². The number of nitrogens with two attached hydrogens (primary N) is 3. The number of rotatable bonds is 5. The van der Waals surface area contributed by atoms with E-state index in [2.05, 4.69) is 20.3 Å². The summed E-state index contributed by atoms with van der Waals surface area (Å²) in [7, 11) is -4.16. The fourth-order valence-electron chi connectivity index (χ4n) is 1.19. The molecule has 1 amide bonds. The van der Waals surface area contributed by atoms with Crippen LogP contribution in [-0.4, -0.2) is 44.3 Å². The molecule has 1 heterocycles. The summed E-state index contributed by atoms with van der Waals surface area (Å²) in [5, 5.41) is 2.32. The van der Waals surface area contributed by atoms with Crippen molar-refractivity contribution < 1.29 is 19.1 Å². The zero-order chi connectivity index (χ0) is 16.2. The topological polar surface area (TPSA) is 203 Å². The number of halogens is 2. The molecule has 0 spiro atoms. The number of nitrogen functional groups attached to an aromatic ring is 1. The number of carbonyl (C=O) groups excluding carboxylic acids is 1. The molecule has 9 N–H and O–H groups in total. The van der Waals surface area contributed by atoms with E-state index in [0.29, 0.717) is 0 Å². The Morgan fingerprint density at radius 3 is 2.45 bits per heavy atom. The monoisotopic (exact) mass is 373 g/mol. The predicted octanol–water partition coefficient (Wildman–Crippen LogP) is -0.863. The fraction of sp³-hybridized carbons (Fsp3) is 0.250. The van der Waals surface area contributed by atoms with Gasteiger partial charge in [0.1, 0.15) is 0 Å². The Balaban J connectivity index is 0.00000441. The SMILES string of the molecule is Cl.NC(N)=NC(=O)c1nc(Cl)c(NCCP(=O)(O)O)nc1N. The number of nitrogens with zero attached hydrogens (tertiary/aromatic N) is 3. The Hall–Kier alpha value is -1.65. The Kier molecular flexibility index (Phi) is 7.50. The highest BCUT2D eigenvalue weighted by Gasteiger charge is 2.18. The predicted molar refractivity (Wildman–Crippen MR) is 84.2 cm³/mol. The first-order valence-corrected chi connectivity index (χ1v) is 7.53. The largest absolute Gasteiger partial charge is 0.382 e. The number of nitrogens with one attached hydrogen (secondary N) is 1. The van der Waals surface area contributed by atoms with E-state index in [-0.39, 0.29) is 41.4 Å². The van der Waals surface area contributed by atoms with Crippen LogP contribution in [0, 0.1) is 0 Å². The van der Waals surface area contributed by atoms with Crippen LogP contribution < -0.4 is 22.5 Å². The molecule has 0 atom stereocenters. The fourth-order valence-corrected chi connectivity index (χ4v) is 1.78. The minimum atomic E-state index is -4.16. The molecular weight excluding hydrogens is 360 g/mol. The van der Waals surface area contributed by atoms with Gasteiger partial charge in [0.25, 0.3) is 0 Å². The van der Waals surface area contributed by atoms with Gasteiger partial charge in [0, 0.05) is 6.54 Å². The zero-order valence-electron chi connectivity index (χ0n) is 10.9. The average Bonchev–Trinajstić information content (AvgIpc) is 2.30. The van der Waals surface area contributed by atoms with Crippen LogP contribution in [0.4, 0.5) is 11.6 Å². The summed E-state index contributed by atoms with van der Waals surface area (Å²) < 4.78 is 10.7. The molecule has 0 aliphatic heterocycles. The van der Waals surface area contributed by atoms with E-state index in [0.717, 1.165) is 0 Å².